The summed E-state index contributed by atoms with van der Waals surface area (Å²) < 4.78 is 0. The lowest BCUT2D eigenvalue weighted by molar-refractivity contribution is -0.0273. The molecule has 1 saturated heterocycles. The highest BCUT2D eigenvalue weighted by molar-refractivity contribution is 5.40. The summed E-state index contributed by atoms with van der Waals surface area (Å²) in [5.41, 5.74) is 0.149. The first-order valence-corrected chi connectivity index (χ1v) is 5.01. The van der Waals surface area contributed by atoms with Crippen molar-refractivity contribution in [3.8, 4) is 0 Å². The van der Waals surface area contributed by atoms with Crippen molar-refractivity contribution in [2.24, 2.45) is 0 Å². The predicted octanol–water partition coefficient (Wildman–Crippen LogP) is 2.32. The summed E-state index contributed by atoms with van der Waals surface area (Å²) in [6, 6.07) is 3.69. The molecule has 1 aliphatic heterocycles. The Labute approximate surface area is 89.7 Å². The molecule has 4 nitrogen and oxygen atoms in total. The second-order valence-electron chi connectivity index (χ2n) is 4.67. The first kappa shape index (κ1) is 10.4. The number of hydrogen-bond acceptors (Lipinski definition) is 4. The summed E-state index contributed by atoms with van der Waals surface area (Å²) in [4.78, 5) is 15.4. The maximum Gasteiger partial charge on any atom is 0.124 e. The van der Waals surface area contributed by atoms with E-state index in [-0.39, 0.29) is 11.2 Å². The number of pyridine rings is 1. The van der Waals surface area contributed by atoms with Crippen LogP contribution in [0.25, 0.3) is 0 Å². The molecular weight excluding hydrogens is 192 g/mol. The lowest BCUT2D eigenvalue weighted by atomic mass is 9.90. The maximum absolute atomic E-state index is 5.73. The van der Waals surface area contributed by atoms with E-state index in [4.69, 9.17) is 9.68 Å². The van der Waals surface area contributed by atoms with Gasteiger partial charge in [0.05, 0.1) is 5.69 Å². The third-order valence-corrected chi connectivity index (χ3v) is 2.95. The van der Waals surface area contributed by atoms with E-state index in [1.165, 1.54) is 5.23 Å². The summed E-state index contributed by atoms with van der Waals surface area (Å²) in [5, 5.41) is 1.46. The highest BCUT2D eigenvalue weighted by atomic mass is 17.0. The second-order valence-corrected chi connectivity index (χ2v) is 4.67. The molecule has 0 aliphatic carbocycles. The summed E-state index contributed by atoms with van der Waals surface area (Å²) in [6.07, 6.45) is 3.42. The first-order valence-electron chi connectivity index (χ1n) is 5.01. The lowest BCUT2D eigenvalue weighted by Gasteiger charge is -2.26. The maximum atomic E-state index is 5.73. The van der Waals surface area contributed by atoms with Gasteiger partial charge >= 0.3 is 0 Å². The van der Waals surface area contributed by atoms with Gasteiger partial charge in [0.15, 0.2) is 0 Å². The third kappa shape index (κ3) is 1.70. The van der Waals surface area contributed by atoms with Gasteiger partial charge < -0.3 is 0 Å². The van der Waals surface area contributed by atoms with Crippen LogP contribution in [0.1, 0.15) is 27.7 Å². The standard InChI is InChI=1S/C11H16N2O2/c1-10(2)11(3,4)15-13(14-10)9-5-7-12-8-6-9/h5-8H,1-4H3. The van der Waals surface area contributed by atoms with Gasteiger partial charge in [-0.1, -0.05) is 0 Å². The van der Waals surface area contributed by atoms with Crippen LogP contribution in [-0.4, -0.2) is 16.2 Å². The molecule has 1 aliphatic rings. The summed E-state index contributed by atoms with van der Waals surface area (Å²) in [7, 11) is 0. The fourth-order valence-electron chi connectivity index (χ4n) is 1.22. The molecule has 0 saturated carbocycles. The Morgan fingerprint density at radius 1 is 1.00 bits per heavy atom. The van der Waals surface area contributed by atoms with E-state index in [0.29, 0.717) is 0 Å². The molecule has 0 aromatic carbocycles. The Hall–Kier alpha value is -1.13. The van der Waals surface area contributed by atoms with Crippen molar-refractivity contribution in [1.29, 1.82) is 0 Å². The summed E-state index contributed by atoms with van der Waals surface area (Å²) in [5.74, 6) is 0. The number of hydrogen-bond donors (Lipinski definition) is 0. The van der Waals surface area contributed by atoms with Crippen LogP contribution in [0, 0.1) is 0 Å². The predicted molar refractivity (Wildman–Crippen MR) is 57.0 cm³/mol. The van der Waals surface area contributed by atoms with E-state index in [0.717, 1.165) is 5.69 Å². The SMILES string of the molecule is CC1(C)ON(c2ccncc2)OC1(C)C. The molecule has 1 aromatic rings. The number of aromatic nitrogens is 1. The average Bonchev–Trinajstić information content (AvgIpc) is 2.38. The van der Waals surface area contributed by atoms with Crippen molar-refractivity contribution in [2.45, 2.75) is 38.9 Å². The van der Waals surface area contributed by atoms with Gasteiger partial charge in [-0.3, -0.25) is 4.98 Å². The molecule has 1 aromatic heterocycles. The quantitative estimate of drug-likeness (QED) is 0.709. The second kappa shape index (κ2) is 3.18. The first-order chi connectivity index (χ1) is 6.92. The molecule has 0 atom stereocenters. The minimum Gasteiger partial charge on any atom is -0.265 e. The van der Waals surface area contributed by atoms with Crippen LogP contribution < -0.4 is 5.23 Å². The highest BCUT2D eigenvalue weighted by Crippen LogP contribution is 2.39. The Kier molecular flexibility index (Phi) is 2.20. The van der Waals surface area contributed by atoms with Crippen LogP contribution in [-0.2, 0) is 9.68 Å². The Balaban J connectivity index is 2.24. The monoisotopic (exact) mass is 208 g/mol. The van der Waals surface area contributed by atoms with Crippen LogP contribution in [0.2, 0.25) is 0 Å². The van der Waals surface area contributed by atoms with Crippen molar-refractivity contribution < 1.29 is 9.68 Å². The van der Waals surface area contributed by atoms with Gasteiger partial charge in [0, 0.05) is 12.4 Å². The molecule has 0 radical (unpaired) electrons. The van der Waals surface area contributed by atoms with Crippen molar-refractivity contribution in [3.63, 3.8) is 0 Å². The molecule has 0 unspecified atom stereocenters. The van der Waals surface area contributed by atoms with Gasteiger partial charge in [-0.25, -0.2) is 9.68 Å². The molecule has 0 N–H and O–H groups in total. The van der Waals surface area contributed by atoms with Crippen LogP contribution in [0.5, 0.6) is 0 Å². The molecule has 2 rings (SSSR count). The van der Waals surface area contributed by atoms with E-state index in [2.05, 4.69) is 4.98 Å². The third-order valence-electron chi connectivity index (χ3n) is 2.95. The molecule has 2 heterocycles. The van der Waals surface area contributed by atoms with Crippen molar-refractivity contribution in [3.05, 3.63) is 24.5 Å². The summed E-state index contributed by atoms with van der Waals surface area (Å²) in [6.45, 7) is 8.03. The minimum absolute atomic E-state index is 0.351. The molecule has 4 heteroatoms. The zero-order valence-corrected chi connectivity index (χ0v) is 9.52. The van der Waals surface area contributed by atoms with Gasteiger partial charge in [0.1, 0.15) is 11.2 Å². The lowest BCUT2D eigenvalue weighted by Crippen LogP contribution is -2.41. The van der Waals surface area contributed by atoms with E-state index in [1.54, 1.807) is 12.4 Å². The molecule has 82 valence electrons. The van der Waals surface area contributed by atoms with Gasteiger partial charge in [-0.2, -0.15) is 0 Å². The number of rotatable bonds is 1. The Morgan fingerprint density at radius 2 is 1.47 bits per heavy atom. The van der Waals surface area contributed by atoms with Crippen molar-refractivity contribution in [2.75, 3.05) is 5.23 Å². The molecule has 0 amide bonds. The molecule has 0 bridgehead atoms. The topological polar surface area (TPSA) is 34.6 Å². The van der Waals surface area contributed by atoms with Gasteiger partial charge in [-0.05, 0) is 39.8 Å². The Bertz CT molecular complexity index is 333. The highest BCUT2D eigenvalue weighted by Gasteiger charge is 2.49. The van der Waals surface area contributed by atoms with Crippen molar-refractivity contribution in [1.82, 2.24) is 4.98 Å². The molecule has 15 heavy (non-hydrogen) atoms. The Morgan fingerprint density at radius 3 is 1.93 bits per heavy atom. The van der Waals surface area contributed by atoms with Crippen molar-refractivity contribution >= 4 is 5.69 Å². The largest absolute Gasteiger partial charge is 0.265 e. The van der Waals surface area contributed by atoms with E-state index < -0.39 is 0 Å². The van der Waals surface area contributed by atoms with E-state index in [9.17, 15) is 0 Å². The van der Waals surface area contributed by atoms with Crippen LogP contribution in [0.15, 0.2) is 24.5 Å². The van der Waals surface area contributed by atoms with Gasteiger partial charge in [0.25, 0.3) is 0 Å². The zero-order chi connectivity index (χ0) is 11.1. The average molecular weight is 208 g/mol. The number of nitrogens with zero attached hydrogens (tertiary/aromatic N) is 2. The van der Waals surface area contributed by atoms with E-state index >= 15 is 0 Å². The fraction of sp³-hybridized carbons (Fsp3) is 0.545. The molecular formula is C11H16N2O2. The normalized spacial score (nSPS) is 23.1. The molecule has 1 fully saturated rings. The fourth-order valence-corrected chi connectivity index (χ4v) is 1.22. The molecule has 0 spiro atoms. The summed E-state index contributed by atoms with van der Waals surface area (Å²) >= 11 is 0. The van der Waals surface area contributed by atoms with Crippen LogP contribution in [0.4, 0.5) is 5.69 Å². The number of anilines is 1. The van der Waals surface area contributed by atoms with E-state index in [1.807, 2.05) is 39.8 Å². The van der Waals surface area contributed by atoms with Gasteiger partial charge in [0.2, 0.25) is 0 Å². The zero-order valence-electron chi connectivity index (χ0n) is 9.52. The van der Waals surface area contributed by atoms with Crippen LogP contribution in [0.3, 0.4) is 0 Å². The minimum atomic E-state index is -0.351. The smallest absolute Gasteiger partial charge is 0.124 e. The van der Waals surface area contributed by atoms with Gasteiger partial charge in [-0.15, -0.1) is 5.23 Å². The van der Waals surface area contributed by atoms with Crippen LogP contribution >= 0.6 is 0 Å².